The van der Waals surface area contributed by atoms with Gasteiger partial charge in [0.1, 0.15) is 0 Å². The molecule has 1 amide bonds. The second kappa shape index (κ2) is 10.9. The topological polar surface area (TPSA) is 41.1 Å². The van der Waals surface area contributed by atoms with Gasteiger partial charge in [0.05, 0.1) is 0 Å². The third-order valence-corrected chi connectivity index (χ3v) is 3.37. The molecular weight excluding hydrogens is 256 g/mol. The highest BCUT2D eigenvalue weighted by Gasteiger charge is 2.05. The van der Waals surface area contributed by atoms with E-state index in [0.717, 1.165) is 44.6 Å². The molecule has 100 valence electrons. The Balaban J connectivity index is 0.00000256. The lowest BCUT2D eigenvalue weighted by molar-refractivity contribution is -0.121. The molecule has 1 aliphatic rings. The average Bonchev–Trinajstić information content (AvgIpc) is 2.33. The van der Waals surface area contributed by atoms with Crippen LogP contribution < -0.4 is 10.6 Å². The third-order valence-electron chi connectivity index (χ3n) is 2.67. The number of amides is 1. The molecule has 0 aromatic heterocycles. The van der Waals surface area contributed by atoms with E-state index in [-0.39, 0.29) is 18.3 Å². The van der Waals surface area contributed by atoms with Crippen LogP contribution in [-0.2, 0) is 4.79 Å². The Morgan fingerprint density at radius 3 is 3.00 bits per heavy atom. The Hall–Kier alpha value is -0.190. The summed E-state index contributed by atoms with van der Waals surface area (Å²) in [4.78, 5) is 11.5. The summed E-state index contributed by atoms with van der Waals surface area (Å²) in [6, 6.07) is 0. The van der Waals surface area contributed by atoms with Crippen molar-refractivity contribution in [3.8, 4) is 0 Å². The highest BCUT2D eigenvalue weighted by Crippen LogP contribution is 2.04. The van der Waals surface area contributed by atoms with E-state index in [4.69, 9.17) is 0 Å². The number of hydrogen-bond donors (Lipinski definition) is 2. The maximum atomic E-state index is 11.5. The molecule has 3 nitrogen and oxygen atoms in total. The summed E-state index contributed by atoms with van der Waals surface area (Å²) in [6.07, 6.45) is 8.16. The van der Waals surface area contributed by atoms with Crippen LogP contribution in [0.5, 0.6) is 0 Å². The molecule has 5 heteroatoms. The van der Waals surface area contributed by atoms with Crippen molar-refractivity contribution in [2.75, 3.05) is 31.6 Å². The van der Waals surface area contributed by atoms with E-state index < -0.39 is 0 Å². The molecule has 0 saturated carbocycles. The van der Waals surface area contributed by atoms with Crippen LogP contribution in [0, 0.1) is 0 Å². The quantitative estimate of drug-likeness (QED) is 0.553. The van der Waals surface area contributed by atoms with Gasteiger partial charge in [-0.2, -0.15) is 11.8 Å². The molecule has 1 rings (SSSR count). The summed E-state index contributed by atoms with van der Waals surface area (Å²) in [5.74, 6) is 1.35. The van der Waals surface area contributed by atoms with Crippen molar-refractivity contribution in [1.82, 2.24) is 10.6 Å². The summed E-state index contributed by atoms with van der Waals surface area (Å²) in [6.45, 7) is 2.72. The molecular formula is C12H23ClN2OS. The highest BCUT2D eigenvalue weighted by molar-refractivity contribution is 7.98. The molecule has 0 aliphatic carbocycles. The van der Waals surface area contributed by atoms with Crippen LogP contribution in [0.1, 0.15) is 25.7 Å². The number of hydrogen-bond acceptors (Lipinski definition) is 3. The Morgan fingerprint density at radius 1 is 1.53 bits per heavy atom. The van der Waals surface area contributed by atoms with Crippen LogP contribution in [0.15, 0.2) is 11.6 Å². The van der Waals surface area contributed by atoms with E-state index in [2.05, 4.69) is 23.0 Å². The first kappa shape index (κ1) is 16.8. The fraction of sp³-hybridized carbons (Fsp3) is 0.750. The zero-order valence-electron chi connectivity index (χ0n) is 10.5. The second-order valence-electron chi connectivity index (χ2n) is 4.04. The van der Waals surface area contributed by atoms with Crippen molar-refractivity contribution >= 4 is 30.1 Å². The van der Waals surface area contributed by atoms with Crippen molar-refractivity contribution in [2.45, 2.75) is 25.7 Å². The van der Waals surface area contributed by atoms with Crippen LogP contribution in [0.3, 0.4) is 0 Å². The van der Waals surface area contributed by atoms with Crippen LogP contribution in [0.25, 0.3) is 0 Å². The van der Waals surface area contributed by atoms with Crippen molar-refractivity contribution in [1.29, 1.82) is 0 Å². The minimum Gasteiger partial charge on any atom is -0.352 e. The molecule has 2 N–H and O–H groups in total. The molecule has 1 aliphatic heterocycles. The van der Waals surface area contributed by atoms with Gasteiger partial charge < -0.3 is 10.6 Å². The first-order chi connectivity index (χ1) is 7.83. The van der Waals surface area contributed by atoms with Crippen molar-refractivity contribution in [3.63, 3.8) is 0 Å². The fourth-order valence-corrected chi connectivity index (χ4v) is 2.16. The third kappa shape index (κ3) is 8.52. The summed E-state index contributed by atoms with van der Waals surface area (Å²) in [5.41, 5.74) is 1.36. The monoisotopic (exact) mass is 278 g/mol. The van der Waals surface area contributed by atoms with Crippen molar-refractivity contribution in [3.05, 3.63) is 11.6 Å². The van der Waals surface area contributed by atoms with Gasteiger partial charge in [0, 0.05) is 19.5 Å². The van der Waals surface area contributed by atoms with Gasteiger partial charge in [0.15, 0.2) is 0 Å². The normalized spacial score (nSPS) is 14.8. The van der Waals surface area contributed by atoms with Gasteiger partial charge in [-0.05, 0) is 37.8 Å². The minimum atomic E-state index is 0. The Kier molecular flexibility index (Phi) is 10.8. The first-order valence-electron chi connectivity index (χ1n) is 5.97. The van der Waals surface area contributed by atoms with E-state index in [1.807, 2.05) is 11.8 Å². The highest BCUT2D eigenvalue weighted by atomic mass is 35.5. The van der Waals surface area contributed by atoms with Crippen molar-refractivity contribution in [2.24, 2.45) is 0 Å². The maximum Gasteiger partial charge on any atom is 0.220 e. The minimum absolute atomic E-state index is 0. The van der Waals surface area contributed by atoms with Crippen LogP contribution in [0.4, 0.5) is 0 Å². The van der Waals surface area contributed by atoms with E-state index in [0.29, 0.717) is 6.42 Å². The van der Waals surface area contributed by atoms with Gasteiger partial charge in [0.2, 0.25) is 5.91 Å². The number of rotatable bonds is 7. The van der Waals surface area contributed by atoms with Gasteiger partial charge in [-0.3, -0.25) is 4.79 Å². The zero-order chi connectivity index (χ0) is 11.6. The lowest BCUT2D eigenvalue weighted by atomic mass is 10.1. The first-order valence-corrected chi connectivity index (χ1v) is 7.36. The van der Waals surface area contributed by atoms with Gasteiger partial charge in [-0.15, -0.1) is 12.4 Å². The number of nitrogens with one attached hydrogen (secondary N) is 2. The molecule has 1 heterocycles. The fourth-order valence-electron chi connectivity index (χ4n) is 1.66. The van der Waals surface area contributed by atoms with E-state index in [9.17, 15) is 4.79 Å². The summed E-state index contributed by atoms with van der Waals surface area (Å²) >= 11 is 1.84. The predicted molar refractivity (Wildman–Crippen MR) is 78.1 cm³/mol. The predicted octanol–water partition coefficient (Wildman–Crippen LogP) is 1.98. The lowest BCUT2D eigenvalue weighted by Crippen LogP contribution is -2.29. The average molecular weight is 279 g/mol. The maximum absolute atomic E-state index is 11.5. The Labute approximate surface area is 115 Å². The Morgan fingerprint density at radius 2 is 2.35 bits per heavy atom. The number of halogens is 1. The molecule has 0 radical (unpaired) electrons. The molecule has 0 aromatic rings. The van der Waals surface area contributed by atoms with Crippen LogP contribution >= 0.6 is 24.2 Å². The molecule has 0 bridgehead atoms. The summed E-state index contributed by atoms with van der Waals surface area (Å²) < 4.78 is 0. The smallest absolute Gasteiger partial charge is 0.220 e. The molecule has 0 aromatic carbocycles. The van der Waals surface area contributed by atoms with Gasteiger partial charge in [-0.25, -0.2) is 0 Å². The van der Waals surface area contributed by atoms with Crippen LogP contribution in [0.2, 0.25) is 0 Å². The Bertz CT molecular complexity index is 247. The molecule has 0 spiro atoms. The van der Waals surface area contributed by atoms with E-state index in [1.165, 1.54) is 5.57 Å². The van der Waals surface area contributed by atoms with Crippen molar-refractivity contribution < 1.29 is 4.79 Å². The molecule has 17 heavy (non-hydrogen) atoms. The standard InChI is InChI=1S/C12H22N2OS.ClH/c1-16-9-3-2-4-12(15)14-10-11-5-7-13-8-6-11;/h5,13H,2-4,6-10H2,1H3,(H,14,15);1H. The summed E-state index contributed by atoms with van der Waals surface area (Å²) in [5, 5.41) is 6.25. The molecule has 0 atom stereocenters. The molecule has 0 unspecified atom stereocenters. The summed E-state index contributed by atoms with van der Waals surface area (Å²) in [7, 11) is 0. The zero-order valence-corrected chi connectivity index (χ0v) is 12.1. The number of carbonyl (C=O) groups is 1. The van der Waals surface area contributed by atoms with Gasteiger partial charge >= 0.3 is 0 Å². The number of carbonyl (C=O) groups excluding carboxylic acids is 1. The van der Waals surface area contributed by atoms with E-state index in [1.54, 1.807) is 0 Å². The van der Waals surface area contributed by atoms with Crippen LogP contribution in [-0.4, -0.2) is 37.6 Å². The SMILES string of the molecule is CSCCCCC(=O)NCC1=CCNCC1.Cl. The number of thioether (sulfide) groups is 1. The molecule has 0 saturated heterocycles. The van der Waals surface area contributed by atoms with Gasteiger partial charge in [-0.1, -0.05) is 11.6 Å². The molecule has 0 fully saturated rings. The second-order valence-corrected chi connectivity index (χ2v) is 5.03. The number of unbranched alkanes of at least 4 members (excludes halogenated alkanes) is 1. The van der Waals surface area contributed by atoms with Gasteiger partial charge in [0.25, 0.3) is 0 Å². The van der Waals surface area contributed by atoms with E-state index >= 15 is 0 Å². The lowest BCUT2D eigenvalue weighted by Gasteiger charge is -2.14. The largest absolute Gasteiger partial charge is 0.352 e.